The van der Waals surface area contributed by atoms with Gasteiger partial charge in [-0.15, -0.1) is 0 Å². The molecule has 6 rings (SSSR count). The molecule has 5 unspecified atom stereocenters. The Hall–Kier alpha value is -0.330. The van der Waals surface area contributed by atoms with E-state index in [1.807, 2.05) is 0 Å². The van der Waals surface area contributed by atoms with E-state index in [4.69, 9.17) is 14.2 Å². The van der Waals surface area contributed by atoms with E-state index in [9.17, 15) is 13.2 Å². The minimum absolute atomic E-state index is 0.0127. The maximum absolute atomic E-state index is 11.9. The molecule has 6 heteroatoms. The van der Waals surface area contributed by atoms with Gasteiger partial charge in [-0.2, -0.15) is 13.2 Å². The fourth-order valence-electron chi connectivity index (χ4n) is 14.2. The summed E-state index contributed by atoms with van der Waals surface area (Å²) in [5.41, 5.74) is 5.50. The van der Waals surface area contributed by atoms with Gasteiger partial charge in [-0.3, -0.25) is 0 Å². The Balaban J connectivity index is -0.000000225. The summed E-state index contributed by atoms with van der Waals surface area (Å²) in [5.74, 6) is 8.49. The highest BCUT2D eigenvalue weighted by Crippen LogP contribution is 2.46. The summed E-state index contributed by atoms with van der Waals surface area (Å²) in [6.07, 6.45) is 35.2. The summed E-state index contributed by atoms with van der Waals surface area (Å²) in [6.45, 7) is 120. The summed E-state index contributed by atoms with van der Waals surface area (Å²) in [6, 6.07) is 0. The van der Waals surface area contributed by atoms with E-state index in [-0.39, 0.29) is 11.7 Å². The largest absolute Gasteiger partial charge is 0.392 e. The molecule has 716 valence electrons. The van der Waals surface area contributed by atoms with E-state index in [1.54, 1.807) is 20.8 Å². The van der Waals surface area contributed by atoms with Gasteiger partial charge in [0, 0.05) is 19.1 Å². The topological polar surface area (TPSA) is 27.7 Å². The molecule has 117 heavy (non-hydrogen) atoms. The standard InChI is InChI=1S/C12H24.C11H22.C10H20O2.C9H18O.C9H20.C8H16.3C8H18.C7H13F3.C7H14.2C7H16/c1-10(12(2,3)4)11-8-6-5-7-9-11;1-11(2,3)9-10-7-5-4-6-8-10;1-8(10(2,3)4)9-11-6-5-7-12-9;1-9(2,3)8-4-6-10-7-5-8;1-6-7-8(2)9(3,4)5;1-8(2,3)7-5-4-6-7;1-7(2)6-8(3,4)5;1-6-7(2)8(3,4)5;1-5-6-7-8(2,3)4;1-5(6(2,3)4)7(8,9)10;1-7(2,3)6-4-5-6;1-6(2)7(3,4)5;1-5-6-7(2,3)4/h10-11H,5-9H2,1-4H3;10H,4-9H2,1-3H3;8-9H,5-7H2,1-4H3;8H,4-7H2,1-3H3;8H,6-7H2,1-5H3;7H,4-6H2,1-3H3;2*7H,6H2,1-5H3;5-7H2,1-4H3;5H,1-4H3;6H,4-5H2,1-3H3;6H,1-5H3;5-6H2,1-4H3. The quantitative estimate of drug-likeness (QED) is 0.218. The lowest BCUT2D eigenvalue weighted by Crippen LogP contribution is -2.37. The molecule has 6 fully saturated rings. The first kappa shape index (κ1) is 130. The monoisotopic (exact) mass is 1670 g/mol. The molecule has 0 bridgehead atoms. The summed E-state index contributed by atoms with van der Waals surface area (Å²) < 4.78 is 52.2. The second-order valence-corrected chi connectivity index (χ2v) is 53.3. The first-order valence-corrected chi connectivity index (χ1v) is 49.9. The molecule has 0 aromatic rings. The van der Waals surface area contributed by atoms with Crippen LogP contribution in [0.3, 0.4) is 0 Å². The van der Waals surface area contributed by atoms with Crippen LogP contribution >= 0.6 is 0 Å². The van der Waals surface area contributed by atoms with Crippen LogP contribution in [0.4, 0.5) is 13.2 Å². The average Bonchev–Trinajstić information content (AvgIpc) is 1.11. The van der Waals surface area contributed by atoms with Gasteiger partial charge in [-0.25, -0.2) is 0 Å². The van der Waals surface area contributed by atoms with Crippen LogP contribution < -0.4 is 0 Å². The van der Waals surface area contributed by atoms with Crippen molar-refractivity contribution in [3.05, 3.63) is 0 Å². The number of rotatable bonds is 10. The fraction of sp³-hybridized carbons (Fsp3) is 1.00. The number of ether oxygens (including phenoxy) is 3. The molecule has 6 aliphatic rings. The van der Waals surface area contributed by atoms with Crippen LogP contribution in [0.5, 0.6) is 0 Å². The number of hydrogen-bond donors (Lipinski definition) is 0. The van der Waals surface area contributed by atoms with E-state index >= 15 is 0 Å². The summed E-state index contributed by atoms with van der Waals surface area (Å²) in [4.78, 5) is 0. The molecule has 0 amide bonds. The normalized spacial score (nSPS) is 18.8. The van der Waals surface area contributed by atoms with Crippen LogP contribution in [0.15, 0.2) is 0 Å². The van der Waals surface area contributed by atoms with Gasteiger partial charge in [0.15, 0.2) is 6.29 Å². The molecule has 2 saturated heterocycles. The zero-order valence-corrected chi connectivity index (χ0v) is 91.5. The van der Waals surface area contributed by atoms with Crippen molar-refractivity contribution >= 4 is 0 Å². The molecule has 0 N–H and O–H groups in total. The van der Waals surface area contributed by atoms with Crippen LogP contribution in [0.2, 0.25) is 0 Å². The van der Waals surface area contributed by atoms with E-state index in [2.05, 4.69) is 332 Å². The Morgan fingerprint density at radius 3 is 0.838 bits per heavy atom. The molecule has 4 saturated carbocycles. The Morgan fingerprint density at radius 2 is 0.675 bits per heavy atom. The minimum atomic E-state index is -4.06. The van der Waals surface area contributed by atoms with Crippen LogP contribution in [-0.2, 0) is 14.2 Å². The van der Waals surface area contributed by atoms with E-state index in [0.29, 0.717) is 65.5 Å². The van der Waals surface area contributed by atoms with Crippen molar-refractivity contribution in [2.75, 3.05) is 26.4 Å². The lowest BCUT2D eigenvalue weighted by molar-refractivity contribution is -0.216. The highest BCUT2D eigenvalue weighted by Gasteiger charge is 2.43. The Morgan fingerprint density at radius 1 is 0.316 bits per heavy atom. The van der Waals surface area contributed by atoms with Gasteiger partial charge in [0.1, 0.15) is 0 Å². The third kappa shape index (κ3) is 84.9. The van der Waals surface area contributed by atoms with Crippen molar-refractivity contribution < 1.29 is 27.4 Å². The van der Waals surface area contributed by atoms with Crippen molar-refractivity contribution in [3.63, 3.8) is 0 Å². The number of hydrogen-bond acceptors (Lipinski definition) is 3. The molecule has 4 aliphatic carbocycles. The number of alkyl halides is 3. The fourth-order valence-corrected chi connectivity index (χ4v) is 14.2. The minimum Gasteiger partial charge on any atom is -0.381 e. The maximum atomic E-state index is 11.9. The van der Waals surface area contributed by atoms with Crippen LogP contribution in [0.1, 0.15) is 540 Å². The predicted octanol–water partition coefficient (Wildman–Crippen LogP) is 40.0. The number of halogens is 3. The summed E-state index contributed by atoms with van der Waals surface area (Å²) in [7, 11) is 0. The second-order valence-electron chi connectivity index (χ2n) is 53.3. The van der Waals surface area contributed by atoms with Crippen molar-refractivity contribution in [3.8, 4) is 0 Å². The molecule has 0 spiro atoms. The maximum Gasteiger partial charge on any atom is 0.392 e. The molecular formula is C111H233F3O3. The molecule has 3 nitrogen and oxygen atoms in total. The van der Waals surface area contributed by atoms with Crippen molar-refractivity contribution in [2.45, 2.75) is 552 Å². The van der Waals surface area contributed by atoms with Crippen LogP contribution in [0, 0.1) is 141 Å². The lowest BCUT2D eigenvalue weighted by Gasteiger charge is -2.37. The van der Waals surface area contributed by atoms with Crippen molar-refractivity contribution in [1.82, 2.24) is 0 Å². The highest BCUT2D eigenvalue weighted by molar-refractivity contribution is 4.85. The third-order valence-electron chi connectivity index (χ3n) is 26.7. The van der Waals surface area contributed by atoms with Gasteiger partial charge in [0.05, 0.1) is 19.1 Å². The van der Waals surface area contributed by atoms with Crippen LogP contribution in [0.25, 0.3) is 0 Å². The summed E-state index contributed by atoms with van der Waals surface area (Å²) >= 11 is 0. The third-order valence-corrected chi connectivity index (χ3v) is 26.7. The van der Waals surface area contributed by atoms with Gasteiger partial charge in [-0.1, -0.05) is 469 Å². The average molecular weight is 1670 g/mol. The molecule has 5 atom stereocenters. The second kappa shape index (κ2) is 61.2. The van der Waals surface area contributed by atoms with Gasteiger partial charge >= 0.3 is 6.18 Å². The van der Waals surface area contributed by atoms with Gasteiger partial charge in [0.2, 0.25) is 0 Å². The smallest absolute Gasteiger partial charge is 0.381 e. The molecule has 0 aromatic heterocycles. The highest BCUT2D eigenvalue weighted by atomic mass is 19.4. The Labute approximate surface area is 743 Å². The number of unbranched alkanes of at least 4 members (excludes halogenated alkanes) is 1. The zero-order valence-electron chi connectivity index (χ0n) is 91.5. The Bertz CT molecular complexity index is 2100. The first-order valence-electron chi connectivity index (χ1n) is 49.9. The van der Waals surface area contributed by atoms with Crippen molar-refractivity contribution in [2.24, 2.45) is 141 Å². The molecule has 0 radical (unpaired) electrons. The van der Waals surface area contributed by atoms with E-state index in [0.717, 1.165) is 92.0 Å². The zero-order chi connectivity index (χ0) is 94.3. The summed E-state index contributed by atoms with van der Waals surface area (Å²) in [5, 5.41) is 0. The van der Waals surface area contributed by atoms with Gasteiger partial charge < -0.3 is 14.2 Å². The molecule has 2 aliphatic heterocycles. The van der Waals surface area contributed by atoms with Gasteiger partial charge in [0.25, 0.3) is 0 Å². The van der Waals surface area contributed by atoms with Gasteiger partial charge in [-0.05, 0) is 200 Å². The first-order chi connectivity index (χ1) is 52.0. The molecular weight excluding hydrogens is 1440 g/mol. The Kier molecular flexibility index (Phi) is 67.9. The van der Waals surface area contributed by atoms with E-state index in [1.165, 1.54) is 180 Å². The van der Waals surface area contributed by atoms with Crippen LogP contribution in [-0.4, -0.2) is 38.9 Å². The lowest BCUT2D eigenvalue weighted by atomic mass is 9.69. The molecule has 0 aromatic carbocycles. The van der Waals surface area contributed by atoms with E-state index < -0.39 is 17.5 Å². The predicted molar refractivity (Wildman–Crippen MR) is 530 cm³/mol. The molecule has 2 heterocycles. The van der Waals surface area contributed by atoms with Crippen molar-refractivity contribution in [1.29, 1.82) is 0 Å². The SMILES string of the molecule is CC(C(C)(C)C)C(F)(F)F.CC(C)(C)C1CC1.CC(C)(C)C1CCC1.CC(C)(C)C1CCOCC1.CC(C)(C)CC1CCCCC1.CC(C)C(C)(C)C.CC(C)CC(C)(C)C.CC(C1CCCCC1)C(C)(C)C.CC(C1OCCCO1)C(C)(C)C.CCC(C)C(C)(C)C.CCCC(C)(C)C.CCCC(C)C(C)(C)C.CCCCC(C)(C)C.